The van der Waals surface area contributed by atoms with Gasteiger partial charge in [-0.2, -0.15) is 10.1 Å². The van der Waals surface area contributed by atoms with Crippen molar-refractivity contribution in [2.75, 3.05) is 6.61 Å². The second-order valence-corrected chi connectivity index (χ2v) is 5.66. The molecule has 8 nitrogen and oxygen atoms in total. The predicted octanol–water partition coefficient (Wildman–Crippen LogP) is 2.30. The van der Waals surface area contributed by atoms with Gasteiger partial charge in [0, 0.05) is 24.4 Å². The summed E-state index contributed by atoms with van der Waals surface area (Å²) in [6.45, 7) is 0.279. The minimum absolute atomic E-state index is 0.279. The van der Waals surface area contributed by atoms with Gasteiger partial charge in [0.2, 0.25) is 0 Å². The van der Waals surface area contributed by atoms with Gasteiger partial charge in [0.1, 0.15) is 5.69 Å². The molecule has 0 aliphatic heterocycles. The lowest BCUT2D eigenvalue weighted by Gasteiger charge is -2.01. The lowest BCUT2D eigenvalue weighted by Crippen LogP contribution is -2.08. The van der Waals surface area contributed by atoms with Crippen LogP contribution in [-0.4, -0.2) is 42.4 Å². The van der Waals surface area contributed by atoms with Crippen LogP contribution >= 0.6 is 0 Å². The first-order chi connectivity index (χ1) is 12.8. The van der Waals surface area contributed by atoms with E-state index >= 15 is 0 Å². The van der Waals surface area contributed by atoms with Crippen LogP contribution < -0.4 is 0 Å². The van der Waals surface area contributed by atoms with Gasteiger partial charge in [-0.15, -0.1) is 5.10 Å². The van der Waals surface area contributed by atoms with Crippen LogP contribution in [0.3, 0.4) is 0 Å². The molecular weight excluding hydrogens is 332 g/mol. The predicted molar refractivity (Wildman–Crippen MR) is 93.4 cm³/mol. The maximum Gasteiger partial charge on any atom is 0.356 e. The first kappa shape index (κ1) is 15.9. The normalized spacial score (nSPS) is 10.9. The first-order valence-corrected chi connectivity index (χ1v) is 8.24. The number of rotatable bonds is 6. The van der Waals surface area contributed by atoms with Gasteiger partial charge in [-0.25, -0.2) is 14.3 Å². The third-order valence-electron chi connectivity index (χ3n) is 3.81. The van der Waals surface area contributed by atoms with Crippen molar-refractivity contribution >= 4 is 11.7 Å². The molecule has 3 aromatic heterocycles. The summed E-state index contributed by atoms with van der Waals surface area (Å²) in [5, 5.41) is 11.2. The maximum atomic E-state index is 12.1. The number of nitrogens with one attached hydrogen (secondary N) is 1. The Morgan fingerprint density at radius 3 is 2.92 bits per heavy atom. The fraction of sp³-hybridized carbons (Fsp3) is 0.167. The molecule has 0 bridgehead atoms. The van der Waals surface area contributed by atoms with Crippen molar-refractivity contribution in [3.8, 4) is 11.3 Å². The molecule has 0 atom stereocenters. The highest BCUT2D eigenvalue weighted by Gasteiger charge is 2.12. The summed E-state index contributed by atoms with van der Waals surface area (Å²) in [6, 6.07) is 13.1. The van der Waals surface area contributed by atoms with Crippen molar-refractivity contribution in [2.45, 2.75) is 12.8 Å². The Labute approximate surface area is 148 Å². The Hall–Kier alpha value is -3.55. The molecular formula is C18H16N6O2. The summed E-state index contributed by atoms with van der Waals surface area (Å²) in [7, 11) is 0. The van der Waals surface area contributed by atoms with Crippen LogP contribution in [0.5, 0.6) is 0 Å². The zero-order chi connectivity index (χ0) is 17.8. The Morgan fingerprint density at radius 1 is 1.19 bits per heavy atom. The van der Waals surface area contributed by atoms with Crippen molar-refractivity contribution in [1.29, 1.82) is 0 Å². The van der Waals surface area contributed by atoms with Crippen molar-refractivity contribution < 1.29 is 9.53 Å². The van der Waals surface area contributed by atoms with E-state index in [2.05, 4.69) is 25.3 Å². The van der Waals surface area contributed by atoms with E-state index in [1.165, 1.54) is 0 Å². The van der Waals surface area contributed by atoms with E-state index in [4.69, 9.17) is 4.74 Å². The smallest absolute Gasteiger partial charge is 0.356 e. The minimum atomic E-state index is -0.427. The number of hydrogen-bond acceptors (Lipinski definition) is 6. The SMILES string of the molecule is O=C(OCCCc1nc2ncccn2n1)c1cc(-c2ccccc2)n[nH]1. The van der Waals surface area contributed by atoms with Gasteiger partial charge in [0.15, 0.2) is 5.82 Å². The molecule has 130 valence electrons. The average molecular weight is 348 g/mol. The van der Waals surface area contributed by atoms with Crippen LogP contribution in [0, 0.1) is 0 Å². The second kappa shape index (κ2) is 7.14. The lowest BCUT2D eigenvalue weighted by atomic mass is 10.1. The Kier molecular flexibility index (Phi) is 4.38. The zero-order valence-corrected chi connectivity index (χ0v) is 13.9. The quantitative estimate of drug-likeness (QED) is 0.424. The topological polar surface area (TPSA) is 98.1 Å². The number of hydrogen-bond donors (Lipinski definition) is 1. The van der Waals surface area contributed by atoms with E-state index in [0.29, 0.717) is 35.8 Å². The molecule has 4 rings (SSSR count). The van der Waals surface area contributed by atoms with Crippen molar-refractivity contribution in [2.24, 2.45) is 0 Å². The van der Waals surface area contributed by atoms with Gasteiger partial charge in [-0.05, 0) is 18.6 Å². The average Bonchev–Trinajstić information content (AvgIpc) is 3.32. The number of aromatic nitrogens is 6. The number of fused-ring (bicyclic) bond motifs is 1. The monoisotopic (exact) mass is 348 g/mol. The minimum Gasteiger partial charge on any atom is -0.461 e. The number of nitrogens with zero attached hydrogens (tertiary/aromatic N) is 5. The van der Waals surface area contributed by atoms with E-state index in [9.17, 15) is 4.79 Å². The standard InChI is InChI=1S/C18H16N6O2/c25-17(15-12-14(21-22-15)13-6-2-1-3-7-13)26-11-4-8-16-20-18-19-9-5-10-24(18)23-16/h1-3,5-7,9-10,12H,4,8,11H2,(H,21,22). The number of H-pyrrole nitrogens is 1. The van der Waals surface area contributed by atoms with Gasteiger partial charge >= 0.3 is 5.97 Å². The van der Waals surface area contributed by atoms with Crippen molar-refractivity contribution in [3.63, 3.8) is 0 Å². The summed E-state index contributed by atoms with van der Waals surface area (Å²) in [5.74, 6) is 0.808. The molecule has 0 radical (unpaired) electrons. The molecule has 0 amide bonds. The summed E-state index contributed by atoms with van der Waals surface area (Å²) < 4.78 is 6.91. The molecule has 0 aliphatic rings. The molecule has 26 heavy (non-hydrogen) atoms. The third kappa shape index (κ3) is 3.44. The molecule has 4 aromatic rings. The fourth-order valence-corrected chi connectivity index (χ4v) is 2.54. The molecule has 1 aromatic carbocycles. The van der Waals surface area contributed by atoms with E-state index in [1.54, 1.807) is 29.0 Å². The lowest BCUT2D eigenvalue weighted by molar-refractivity contribution is 0.0493. The van der Waals surface area contributed by atoms with Gasteiger partial charge in [0.05, 0.1) is 12.3 Å². The van der Waals surface area contributed by atoms with Crippen molar-refractivity contribution in [3.05, 3.63) is 66.4 Å². The number of carbonyl (C=O) groups is 1. The van der Waals surface area contributed by atoms with E-state index in [-0.39, 0.29) is 6.61 Å². The number of esters is 1. The van der Waals surface area contributed by atoms with Crippen LogP contribution in [0.25, 0.3) is 17.0 Å². The van der Waals surface area contributed by atoms with E-state index in [1.807, 2.05) is 30.3 Å². The van der Waals surface area contributed by atoms with Crippen molar-refractivity contribution in [1.82, 2.24) is 29.8 Å². The molecule has 0 aliphatic carbocycles. The zero-order valence-electron chi connectivity index (χ0n) is 13.9. The number of benzene rings is 1. The Morgan fingerprint density at radius 2 is 2.08 bits per heavy atom. The molecule has 0 saturated carbocycles. The van der Waals surface area contributed by atoms with Gasteiger partial charge < -0.3 is 4.74 Å². The van der Waals surface area contributed by atoms with Gasteiger partial charge in [-0.3, -0.25) is 5.10 Å². The third-order valence-corrected chi connectivity index (χ3v) is 3.81. The highest BCUT2D eigenvalue weighted by atomic mass is 16.5. The maximum absolute atomic E-state index is 12.1. The first-order valence-electron chi connectivity index (χ1n) is 8.24. The summed E-state index contributed by atoms with van der Waals surface area (Å²) >= 11 is 0. The number of ether oxygens (including phenoxy) is 1. The van der Waals surface area contributed by atoms with Crippen LogP contribution in [0.1, 0.15) is 22.7 Å². The molecule has 0 spiro atoms. The molecule has 0 saturated heterocycles. The highest BCUT2D eigenvalue weighted by molar-refractivity contribution is 5.88. The van der Waals surface area contributed by atoms with Gasteiger partial charge in [0.25, 0.3) is 5.78 Å². The molecule has 0 fully saturated rings. The van der Waals surface area contributed by atoms with E-state index in [0.717, 1.165) is 5.56 Å². The van der Waals surface area contributed by atoms with Crippen LogP contribution in [-0.2, 0) is 11.2 Å². The molecule has 3 heterocycles. The Balaban J connectivity index is 1.29. The molecule has 1 N–H and O–H groups in total. The van der Waals surface area contributed by atoms with Crippen LogP contribution in [0.15, 0.2) is 54.9 Å². The number of aromatic amines is 1. The van der Waals surface area contributed by atoms with Crippen LogP contribution in [0.2, 0.25) is 0 Å². The molecule has 0 unspecified atom stereocenters. The fourth-order valence-electron chi connectivity index (χ4n) is 2.54. The Bertz CT molecular complexity index is 991. The number of aryl methyl sites for hydroxylation is 1. The summed E-state index contributed by atoms with van der Waals surface area (Å²) in [4.78, 5) is 20.5. The largest absolute Gasteiger partial charge is 0.461 e. The number of carbonyl (C=O) groups excluding carboxylic acids is 1. The second-order valence-electron chi connectivity index (χ2n) is 5.66. The summed E-state index contributed by atoms with van der Waals surface area (Å²) in [6.07, 6.45) is 4.70. The van der Waals surface area contributed by atoms with E-state index < -0.39 is 5.97 Å². The highest BCUT2D eigenvalue weighted by Crippen LogP contribution is 2.17. The van der Waals surface area contributed by atoms with Gasteiger partial charge in [-0.1, -0.05) is 30.3 Å². The summed E-state index contributed by atoms with van der Waals surface area (Å²) in [5.41, 5.74) is 1.98. The van der Waals surface area contributed by atoms with Crippen LogP contribution in [0.4, 0.5) is 0 Å². The molecule has 8 heteroatoms.